The number of aromatic nitrogens is 5. The van der Waals surface area contributed by atoms with Gasteiger partial charge in [-0.05, 0) is 43.3 Å². The zero-order valence-electron chi connectivity index (χ0n) is 10.4. The smallest absolute Gasteiger partial charge is 0.323 e. The zero-order valence-corrected chi connectivity index (χ0v) is 10.4. The first-order chi connectivity index (χ1) is 8.38. The van der Waals surface area contributed by atoms with Crippen LogP contribution in [-0.2, 0) is 4.79 Å². The van der Waals surface area contributed by atoms with Gasteiger partial charge in [0.25, 0.3) is 0 Å². The van der Waals surface area contributed by atoms with Crippen molar-refractivity contribution in [1.82, 2.24) is 25.3 Å². The van der Waals surface area contributed by atoms with Gasteiger partial charge in [0.05, 0.1) is 0 Å². The van der Waals surface area contributed by atoms with Gasteiger partial charge in [-0.1, -0.05) is 0 Å². The molecule has 0 amide bonds. The minimum absolute atomic E-state index is 0.135. The molecule has 0 aromatic carbocycles. The molecule has 0 aliphatic heterocycles. The van der Waals surface area contributed by atoms with Gasteiger partial charge in [-0.3, -0.25) is 4.79 Å². The molecule has 0 bridgehead atoms. The molecule has 1 N–H and O–H groups in total. The minimum atomic E-state index is -0.913. The Labute approximate surface area is 103 Å². The summed E-state index contributed by atoms with van der Waals surface area (Å²) in [5.74, 6) is -0.395. The molecule has 0 radical (unpaired) electrons. The molecule has 8 nitrogen and oxygen atoms in total. The Morgan fingerprint density at radius 1 is 1.44 bits per heavy atom. The van der Waals surface area contributed by atoms with E-state index in [0.717, 1.165) is 0 Å². The molecule has 0 saturated carbocycles. The summed E-state index contributed by atoms with van der Waals surface area (Å²) in [7, 11) is 0. The van der Waals surface area contributed by atoms with E-state index >= 15 is 0 Å². The number of nitrogens with zero attached hydrogens (tertiary/aromatic N) is 6. The van der Waals surface area contributed by atoms with Crippen molar-refractivity contribution in [3.8, 4) is 0 Å². The zero-order chi connectivity index (χ0) is 13.3. The summed E-state index contributed by atoms with van der Waals surface area (Å²) in [5, 5.41) is 24.1. The van der Waals surface area contributed by atoms with E-state index in [1.54, 1.807) is 17.0 Å². The molecule has 2 aromatic rings. The molecule has 96 valence electrons. The van der Waals surface area contributed by atoms with Crippen LogP contribution in [0.4, 0.5) is 5.82 Å². The Morgan fingerprint density at radius 3 is 2.78 bits per heavy atom. The largest absolute Gasteiger partial charge is 0.480 e. The Hall–Kier alpha value is -2.25. The fraction of sp³-hybridized carbons (Fsp3) is 0.500. The second-order valence-electron chi connectivity index (χ2n) is 4.87. The van der Waals surface area contributed by atoms with Crippen molar-refractivity contribution in [1.29, 1.82) is 0 Å². The number of hydrogen-bond acceptors (Lipinski definition) is 6. The van der Waals surface area contributed by atoms with Crippen molar-refractivity contribution in [2.24, 2.45) is 0 Å². The standard InChI is InChI=1S/C10H14N6O2/c1-10(2,3)15(6-9(17)18)8-5-4-7-11-13-14-16(7)12-8/h4-5H,6H2,1-3H3,(H,17,18). The summed E-state index contributed by atoms with van der Waals surface area (Å²) < 4.78 is 1.27. The van der Waals surface area contributed by atoms with Crippen molar-refractivity contribution in [2.45, 2.75) is 26.3 Å². The van der Waals surface area contributed by atoms with Gasteiger partial charge in [0, 0.05) is 5.54 Å². The predicted octanol–water partition coefficient (Wildman–Crippen LogP) is 0.209. The molecule has 0 fully saturated rings. The van der Waals surface area contributed by atoms with E-state index in [2.05, 4.69) is 20.6 Å². The molecule has 8 heteroatoms. The van der Waals surface area contributed by atoms with Crippen LogP contribution in [0.1, 0.15) is 20.8 Å². The Kier molecular flexibility index (Phi) is 2.85. The van der Waals surface area contributed by atoms with Crippen LogP contribution in [0.25, 0.3) is 5.65 Å². The Bertz CT molecular complexity index is 573. The molecule has 0 atom stereocenters. The molecular weight excluding hydrogens is 236 g/mol. The molecule has 2 rings (SSSR count). The lowest BCUT2D eigenvalue weighted by Crippen LogP contribution is -2.45. The third-order valence-electron chi connectivity index (χ3n) is 2.44. The van der Waals surface area contributed by atoms with Crippen molar-refractivity contribution in [2.75, 3.05) is 11.4 Å². The first kappa shape index (κ1) is 12.2. The number of fused-ring (bicyclic) bond motifs is 1. The maximum atomic E-state index is 10.9. The summed E-state index contributed by atoms with van der Waals surface area (Å²) in [6, 6.07) is 3.41. The number of aliphatic carboxylic acids is 1. The maximum absolute atomic E-state index is 10.9. The van der Waals surface area contributed by atoms with E-state index in [0.29, 0.717) is 11.5 Å². The third kappa shape index (κ3) is 2.36. The molecule has 2 aromatic heterocycles. The molecular formula is C10H14N6O2. The average Bonchev–Trinajstić information content (AvgIpc) is 2.70. The summed E-state index contributed by atoms with van der Waals surface area (Å²) in [6.45, 7) is 5.62. The number of tetrazole rings is 1. The van der Waals surface area contributed by atoms with Crippen LogP contribution in [0.3, 0.4) is 0 Å². The van der Waals surface area contributed by atoms with E-state index in [4.69, 9.17) is 5.11 Å². The second kappa shape index (κ2) is 4.21. The van der Waals surface area contributed by atoms with Crippen LogP contribution in [-0.4, -0.2) is 48.4 Å². The van der Waals surface area contributed by atoms with Gasteiger partial charge in [-0.25, -0.2) is 0 Å². The molecule has 0 aliphatic carbocycles. The van der Waals surface area contributed by atoms with E-state index < -0.39 is 5.97 Å². The molecule has 0 unspecified atom stereocenters. The highest BCUT2D eigenvalue weighted by Crippen LogP contribution is 2.21. The van der Waals surface area contributed by atoms with Gasteiger partial charge in [-0.15, -0.1) is 14.8 Å². The molecule has 2 heterocycles. The molecule has 18 heavy (non-hydrogen) atoms. The van der Waals surface area contributed by atoms with E-state index in [-0.39, 0.29) is 12.1 Å². The summed E-state index contributed by atoms with van der Waals surface area (Å²) in [6.07, 6.45) is 0. The number of carboxylic acids is 1. The van der Waals surface area contributed by atoms with Gasteiger partial charge in [0.1, 0.15) is 6.54 Å². The number of rotatable bonds is 3. The second-order valence-corrected chi connectivity index (χ2v) is 4.87. The van der Waals surface area contributed by atoms with E-state index in [9.17, 15) is 4.79 Å². The van der Waals surface area contributed by atoms with Gasteiger partial charge >= 0.3 is 5.97 Å². The molecule has 0 saturated heterocycles. The summed E-state index contributed by atoms with van der Waals surface area (Å²) in [5.41, 5.74) is 0.149. The van der Waals surface area contributed by atoms with Gasteiger partial charge in [0.15, 0.2) is 11.5 Å². The van der Waals surface area contributed by atoms with Gasteiger partial charge in [-0.2, -0.15) is 0 Å². The summed E-state index contributed by atoms with van der Waals surface area (Å²) >= 11 is 0. The fourth-order valence-corrected chi connectivity index (χ4v) is 1.58. The quantitative estimate of drug-likeness (QED) is 0.831. The van der Waals surface area contributed by atoms with Crippen LogP contribution in [0.15, 0.2) is 12.1 Å². The number of anilines is 1. The van der Waals surface area contributed by atoms with Gasteiger partial charge in [0.2, 0.25) is 0 Å². The van der Waals surface area contributed by atoms with Crippen molar-refractivity contribution < 1.29 is 9.90 Å². The first-order valence-electron chi connectivity index (χ1n) is 5.43. The molecule has 0 spiro atoms. The van der Waals surface area contributed by atoms with Crippen LogP contribution >= 0.6 is 0 Å². The van der Waals surface area contributed by atoms with Crippen molar-refractivity contribution >= 4 is 17.4 Å². The Morgan fingerprint density at radius 2 is 2.17 bits per heavy atom. The normalized spacial score (nSPS) is 11.7. The SMILES string of the molecule is CC(C)(C)N(CC(=O)O)c1ccc2nnnn2n1. The lowest BCUT2D eigenvalue weighted by atomic mass is 10.1. The number of carboxylic acid groups (broad SMARTS) is 1. The van der Waals surface area contributed by atoms with Crippen LogP contribution < -0.4 is 4.90 Å². The topological polar surface area (TPSA) is 96.5 Å². The van der Waals surface area contributed by atoms with Crippen molar-refractivity contribution in [3.63, 3.8) is 0 Å². The summed E-state index contributed by atoms with van der Waals surface area (Å²) in [4.78, 5) is 12.6. The maximum Gasteiger partial charge on any atom is 0.323 e. The highest BCUT2D eigenvalue weighted by Gasteiger charge is 2.25. The average molecular weight is 250 g/mol. The van der Waals surface area contributed by atoms with Gasteiger partial charge < -0.3 is 10.0 Å². The highest BCUT2D eigenvalue weighted by atomic mass is 16.4. The van der Waals surface area contributed by atoms with Crippen LogP contribution in [0.5, 0.6) is 0 Å². The van der Waals surface area contributed by atoms with Crippen LogP contribution in [0, 0.1) is 0 Å². The minimum Gasteiger partial charge on any atom is -0.480 e. The predicted molar refractivity (Wildman–Crippen MR) is 63.3 cm³/mol. The van der Waals surface area contributed by atoms with Crippen LogP contribution in [0.2, 0.25) is 0 Å². The highest BCUT2D eigenvalue weighted by molar-refractivity contribution is 5.73. The monoisotopic (exact) mass is 250 g/mol. The number of hydrogen-bond donors (Lipinski definition) is 1. The third-order valence-corrected chi connectivity index (χ3v) is 2.44. The number of carbonyl (C=O) groups is 1. The van der Waals surface area contributed by atoms with E-state index in [1.807, 2.05) is 20.8 Å². The fourth-order valence-electron chi connectivity index (χ4n) is 1.58. The van der Waals surface area contributed by atoms with Crippen molar-refractivity contribution in [3.05, 3.63) is 12.1 Å². The Balaban J connectivity index is 2.43. The molecule has 0 aliphatic rings. The van der Waals surface area contributed by atoms with E-state index in [1.165, 1.54) is 4.63 Å². The lowest BCUT2D eigenvalue weighted by molar-refractivity contribution is -0.135. The lowest BCUT2D eigenvalue weighted by Gasteiger charge is -2.35. The first-order valence-corrected chi connectivity index (χ1v) is 5.43.